The van der Waals surface area contributed by atoms with Gasteiger partial charge in [-0.15, -0.1) is 0 Å². The summed E-state index contributed by atoms with van der Waals surface area (Å²) in [5.74, 6) is 0.679. The van der Waals surface area contributed by atoms with E-state index in [-0.39, 0.29) is 5.75 Å². The minimum absolute atomic E-state index is 0.0354. The lowest BCUT2D eigenvalue weighted by Crippen LogP contribution is -2.30. The fraction of sp³-hybridized carbons (Fsp3) is 0.280. The molecule has 0 fully saturated rings. The number of rotatable bonds is 8. The normalized spacial score (nSPS) is 13.6. The first-order chi connectivity index (χ1) is 15.0. The Morgan fingerprint density at radius 3 is 2.29 bits per heavy atom. The molecule has 0 saturated carbocycles. The molecule has 1 heterocycles. The second-order valence-corrected chi connectivity index (χ2v) is 9.67. The lowest BCUT2D eigenvalue weighted by Gasteiger charge is -2.30. The summed E-state index contributed by atoms with van der Waals surface area (Å²) < 4.78 is 32.5. The van der Waals surface area contributed by atoms with Gasteiger partial charge in [0, 0.05) is 25.3 Å². The molecular formula is C25H28N2O3S. The lowest BCUT2D eigenvalue weighted by molar-refractivity contribution is 0.414. The van der Waals surface area contributed by atoms with Gasteiger partial charge < -0.3 is 9.64 Å². The molecule has 1 N–H and O–H groups in total. The van der Waals surface area contributed by atoms with Gasteiger partial charge in [-0.05, 0) is 59.4 Å². The molecule has 6 heteroatoms. The third kappa shape index (κ3) is 5.66. The SMILES string of the molecule is COc1ccc(CS(=O)(=O)NCCc2ccc(N3CCc4ccccc4C3)cc2)cc1. The van der Waals surface area contributed by atoms with Crippen LogP contribution in [-0.4, -0.2) is 28.6 Å². The average molecular weight is 437 g/mol. The van der Waals surface area contributed by atoms with Crippen LogP contribution in [-0.2, 0) is 35.2 Å². The van der Waals surface area contributed by atoms with E-state index >= 15 is 0 Å². The first kappa shape index (κ1) is 21.4. The monoisotopic (exact) mass is 436 g/mol. The maximum Gasteiger partial charge on any atom is 0.215 e. The maximum absolute atomic E-state index is 12.4. The van der Waals surface area contributed by atoms with Crippen LogP contribution in [0.4, 0.5) is 5.69 Å². The molecular weight excluding hydrogens is 408 g/mol. The van der Waals surface area contributed by atoms with Crippen molar-refractivity contribution in [2.45, 2.75) is 25.1 Å². The van der Waals surface area contributed by atoms with Crippen LogP contribution in [0, 0.1) is 0 Å². The highest BCUT2D eigenvalue weighted by molar-refractivity contribution is 7.88. The molecule has 31 heavy (non-hydrogen) atoms. The van der Waals surface area contributed by atoms with Crippen molar-refractivity contribution in [3.63, 3.8) is 0 Å². The largest absolute Gasteiger partial charge is 0.497 e. The Hall–Kier alpha value is -2.83. The summed E-state index contributed by atoms with van der Waals surface area (Å²) in [7, 11) is -1.79. The van der Waals surface area contributed by atoms with E-state index in [9.17, 15) is 8.42 Å². The van der Waals surface area contributed by atoms with Crippen molar-refractivity contribution in [1.29, 1.82) is 0 Å². The van der Waals surface area contributed by atoms with Crippen LogP contribution in [0.1, 0.15) is 22.3 Å². The molecule has 4 rings (SSSR count). The first-order valence-corrected chi connectivity index (χ1v) is 12.2. The molecule has 1 aliphatic rings. The van der Waals surface area contributed by atoms with E-state index in [2.05, 4.69) is 58.2 Å². The topological polar surface area (TPSA) is 58.6 Å². The number of nitrogens with zero attached hydrogens (tertiary/aromatic N) is 1. The summed E-state index contributed by atoms with van der Waals surface area (Å²) in [6.45, 7) is 2.33. The van der Waals surface area contributed by atoms with Crippen molar-refractivity contribution in [3.8, 4) is 5.75 Å². The van der Waals surface area contributed by atoms with Gasteiger partial charge in [-0.2, -0.15) is 0 Å². The number of nitrogens with one attached hydrogen (secondary N) is 1. The van der Waals surface area contributed by atoms with Gasteiger partial charge in [0.25, 0.3) is 0 Å². The average Bonchev–Trinajstić information content (AvgIpc) is 2.79. The standard InChI is InChI=1S/C25H28N2O3S/c1-30-25-12-8-21(9-13-25)19-31(28,29)26-16-14-20-6-10-24(11-7-20)27-17-15-22-4-2-3-5-23(22)18-27/h2-13,26H,14-19H2,1H3. The summed E-state index contributed by atoms with van der Waals surface area (Å²) in [6, 6.07) is 24.2. The molecule has 5 nitrogen and oxygen atoms in total. The second-order valence-electron chi connectivity index (χ2n) is 7.86. The van der Waals surface area contributed by atoms with Crippen LogP contribution >= 0.6 is 0 Å². The van der Waals surface area contributed by atoms with E-state index in [0.717, 1.165) is 30.6 Å². The highest BCUT2D eigenvalue weighted by atomic mass is 32.2. The summed E-state index contributed by atoms with van der Waals surface area (Å²) in [4.78, 5) is 2.39. The Morgan fingerprint density at radius 2 is 1.58 bits per heavy atom. The van der Waals surface area contributed by atoms with Crippen LogP contribution in [0.5, 0.6) is 5.75 Å². The molecule has 0 spiro atoms. The zero-order chi connectivity index (χ0) is 21.7. The molecule has 0 radical (unpaired) electrons. The van der Waals surface area contributed by atoms with E-state index in [1.165, 1.54) is 16.8 Å². The number of hydrogen-bond donors (Lipinski definition) is 1. The Labute approximate surface area is 184 Å². The quantitative estimate of drug-likeness (QED) is 0.582. The van der Waals surface area contributed by atoms with E-state index in [0.29, 0.717) is 18.7 Å². The van der Waals surface area contributed by atoms with Gasteiger partial charge in [0.05, 0.1) is 12.9 Å². The minimum Gasteiger partial charge on any atom is -0.497 e. The van der Waals surface area contributed by atoms with Crippen LogP contribution in [0.25, 0.3) is 0 Å². The molecule has 0 aliphatic carbocycles. The molecule has 0 atom stereocenters. The third-order valence-corrected chi connectivity index (χ3v) is 7.04. The van der Waals surface area contributed by atoms with Gasteiger partial charge in [-0.3, -0.25) is 0 Å². The molecule has 1 aliphatic heterocycles. The Kier molecular flexibility index (Phi) is 6.59. The van der Waals surface area contributed by atoms with E-state index in [1.54, 1.807) is 31.4 Å². The fourth-order valence-corrected chi connectivity index (χ4v) is 5.08. The molecule has 0 saturated heterocycles. The highest BCUT2D eigenvalue weighted by Crippen LogP contribution is 2.24. The summed E-state index contributed by atoms with van der Waals surface area (Å²) in [5.41, 5.74) is 5.90. The number of hydrogen-bond acceptors (Lipinski definition) is 4. The van der Waals surface area contributed by atoms with Gasteiger partial charge in [0.15, 0.2) is 0 Å². The highest BCUT2D eigenvalue weighted by Gasteiger charge is 2.16. The molecule has 0 amide bonds. The molecule has 0 unspecified atom stereocenters. The number of methoxy groups -OCH3 is 1. The molecule has 3 aromatic rings. The van der Waals surface area contributed by atoms with E-state index in [4.69, 9.17) is 4.74 Å². The number of ether oxygens (including phenoxy) is 1. The smallest absolute Gasteiger partial charge is 0.215 e. The molecule has 0 aromatic heterocycles. The number of sulfonamides is 1. The summed E-state index contributed by atoms with van der Waals surface area (Å²) in [5, 5.41) is 0. The zero-order valence-corrected chi connectivity index (χ0v) is 18.6. The van der Waals surface area contributed by atoms with Crippen LogP contribution in [0.15, 0.2) is 72.8 Å². The van der Waals surface area contributed by atoms with Crippen molar-refractivity contribution < 1.29 is 13.2 Å². The first-order valence-electron chi connectivity index (χ1n) is 10.5. The van der Waals surface area contributed by atoms with Crippen LogP contribution in [0.2, 0.25) is 0 Å². The van der Waals surface area contributed by atoms with Gasteiger partial charge >= 0.3 is 0 Å². The summed E-state index contributed by atoms with van der Waals surface area (Å²) >= 11 is 0. The van der Waals surface area contributed by atoms with Crippen LogP contribution in [0.3, 0.4) is 0 Å². The predicted molar refractivity (Wildman–Crippen MR) is 125 cm³/mol. The lowest BCUT2D eigenvalue weighted by atomic mass is 9.99. The third-order valence-electron chi connectivity index (χ3n) is 5.68. The maximum atomic E-state index is 12.4. The zero-order valence-electron chi connectivity index (χ0n) is 17.8. The van der Waals surface area contributed by atoms with Crippen molar-refractivity contribution in [3.05, 3.63) is 95.1 Å². The van der Waals surface area contributed by atoms with Crippen molar-refractivity contribution >= 4 is 15.7 Å². The van der Waals surface area contributed by atoms with E-state index in [1.807, 2.05) is 0 Å². The van der Waals surface area contributed by atoms with Crippen molar-refractivity contribution in [2.24, 2.45) is 0 Å². The Morgan fingerprint density at radius 1 is 0.903 bits per heavy atom. The number of benzene rings is 3. The minimum atomic E-state index is -3.38. The molecule has 162 valence electrons. The number of anilines is 1. The Balaban J connectivity index is 1.28. The summed E-state index contributed by atoms with van der Waals surface area (Å²) in [6.07, 6.45) is 1.72. The van der Waals surface area contributed by atoms with Gasteiger partial charge in [-0.1, -0.05) is 48.5 Å². The van der Waals surface area contributed by atoms with Crippen molar-refractivity contribution in [2.75, 3.05) is 25.1 Å². The second kappa shape index (κ2) is 9.54. The fourth-order valence-electron chi connectivity index (χ4n) is 3.93. The van der Waals surface area contributed by atoms with Gasteiger partial charge in [0.2, 0.25) is 10.0 Å². The van der Waals surface area contributed by atoms with Gasteiger partial charge in [0.1, 0.15) is 5.75 Å². The van der Waals surface area contributed by atoms with E-state index < -0.39 is 10.0 Å². The van der Waals surface area contributed by atoms with Crippen molar-refractivity contribution in [1.82, 2.24) is 4.72 Å². The van der Waals surface area contributed by atoms with Gasteiger partial charge in [-0.25, -0.2) is 13.1 Å². The molecule has 3 aromatic carbocycles. The number of fused-ring (bicyclic) bond motifs is 1. The van der Waals surface area contributed by atoms with Crippen LogP contribution < -0.4 is 14.4 Å². The predicted octanol–water partition coefficient (Wildman–Crippen LogP) is 3.92. The Bertz CT molecular complexity index is 1110. The molecule has 0 bridgehead atoms.